The van der Waals surface area contributed by atoms with Crippen LogP contribution in [0.3, 0.4) is 0 Å². The van der Waals surface area contributed by atoms with E-state index in [1.807, 2.05) is 26.8 Å². The molecule has 0 spiro atoms. The number of ether oxygens (including phenoxy) is 1. The van der Waals surface area contributed by atoms with E-state index in [4.69, 9.17) is 4.74 Å². The Bertz CT molecular complexity index is 175. The van der Waals surface area contributed by atoms with Crippen molar-refractivity contribution in [2.75, 3.05) is 6.61 Å². The van der Waals surface area contributed by atoms with E-state index >= 15 is 0 Å². The normalized spacial score (nSPS) is 12.0. The summed E-state index contributed by atoms with van der Waals surface area (Å²) in [5.74, 6) is -0.233. The van der Waals surface area contributed by atoms with E-state index < -0.39 is 0 Å². The zero-order chi connectivity index (χ0) is 10.3. The van der Waals surface area contributed by atoms with Gasteiger partial charge in [0, 0.05) is 6.08 Å². The van der Waals surface area contributed by atoms with Gasteiger partial charge in [0.25, 0.3) is 0 Å². The lowest BCUT2D eigenvalue weighted by atomic mass is 9.96. The monoisotopic (exact) mass is 184 g/mol. The molecule has 0 saturated heterocycles. The van der Waals surface area contributed by atoms with Crippen LogP contribution in [0.2, 0.25) is 0 Å². The molecule has 0 fully saturated rings. The van der Waals surface area contributed by atoms with Gasteiger partial charge in [-0.15, -0.1) is 0 Å². The Hall–Kier alpha value is -0.790. The van der Waals surface area contributed by atoms with Crippen LogP contribution in [0.1, 0.15) is 40.5 Å². The van der Waals surface area contributed by atoms with Gasteiger partial charge in [-0.1, -0.05) is 40.2 Å². The van der Waals surface area contributed by atoms with Crippen molar-refractivity contribution in [3.05, 3.63) is 12.2 Å². The Kier molecular flexibility index (Phi) is 5.44. The molecule has 0 aliphatic heterocycles. The van der Waals surface area contributed by atoms with Gasteiger partial charge in [0.05, 0.1) is 6.61 Å². The second-order valence-electron chi connectivity index (χ2n) is 4.22. The van der Waals surface area contributed by atoms with Crippen molar-refractivity contribution in [2.24, 2.45) is 5.41 Å². The number of carbonyl (C=O) groups excluding carboxylic acids is 1. The van der Waals surface area contributed by atoms with Crippen molar-refractivity contribution < 1.29 is 9.53 Å². The Morgan fingerprint density at radius 2 is 2.00 bits per heavy atom. The van der Waals surface area contributed by atoms with Crippen molar-refractivity contribution in [2.45, 2.75) is 40.5 Å². The minimum absolute atomic E-state index is 0.0454. The highest BCUT2D eigenvalue weighted by molar-refractivity contribution is 5.81. The number of allylic oxidation sites excluding steroid dienone is 1. The van der Waals surface area contributed by atoms with Gasteiger partial charge in [0.2, 0.25) is 0 Å². The van der Waals surface area contributed by atoms with E-state index in [1.54, 1.807) is 0 Å². The summed E-state index contributed by atoms with van der Waals surface area (Å²) in [5, 5.41) is 0. The number of carbonyl (C=O) groups is 1. The maximum atomic E-state index is 11.1. The van der Waals surface area contributed by atoms with Crippen molar-refractivity contribution >= 4 is 5.97 Å². The van der Waals surface area contributed by atoms with Crippen molar-refractivity contribution in [3.8, 4) is 0 Å². The third-order valence-electron chi connectivity index (χ3n) is 1.46. The van der Waals surface area contributed by atoms with E-state index in [0.29, 0.717) is 6.61 Å². The van der Waals surface area contributed by atoms with Crippen molar-refractivity contribution in [3.63, 3.8) is 0 Å². The molecule has 0 saturated carbocycles. The molecule has 13 heavy (non-hydrogen) atoms. The minimum atomic E-state index is -0.233. The number of esters is 1. The molecule has 2 heteroatoms. The fourth-order valence-corrected chi connectivity index (χ4v) is 0.683. The van der Waals surface area contributed by atoms with Crippen LogP contribution < -0.4 is 0 Å². The molecule has 0 unspecified atom stereocenters. The third kappa shape index (κ3) is 9.12. The summed E-state index contributed by atoms with van der Waals surface area (Å²) >= 11 is 0. The van der Waals surface area contributed by atoms with E-state index in [2.05, 4.69) is 6.92 Å². The van der Waals surface area contributed by atoms with Crippen LogP contribution in [0.4, 0.5) is 0 Å². The first-order valence-corrected chi connectivity index (χ1v) is 4.81. The lowest BCUT2D eigenvalue weighted by molar-refractivity contribution is -0.137. The Labute approximate surface area is 81.0 Å². The SMILES string of the molecule is CCCCOC(=O)C=CC(C)(C)C. The molecule has 0 amide bonds. The molecule has 0 aromatic heterocycles. The molecule has 76 valence electrons. The first kappa shape index (κ1) is 12.2. The molecule has 2 nitrogen and oxygen atoms in total. The van der Waals surface area contributed by atoms with Crippen LogP contribution in [0, 0.1) is 5.41 Å². The Morgan fingerprint density at radius 1 is 1.38 bits per heavy atom. The van der Waals surface area contributed by atoms with Gasteiger partial charge in [0.1, 0.15) is 0 Å². The molecular formula is C11H20O2. The van der Waals surface area contributed by atoms with Gasteiger partial charge in [-0.2, -0.15) is 0 Å². The summed E-state index contributed by atoms with van der Waals surface area (Å²) in [6.45, 7) is 8.73. The zero-order valence-electron chi connectivity index (χ0n) is 9.09. The van der Waals surface area contributed by atoms with E-state index in [9.17, 15) is 4.79 Å². The van der Waals surface area contributed by atoms with Crippen LogP contribution in [-0.4, -0.2) is 12.6 Å². The standard InChI is InChI=1S/C11H20O2/c1-5-6-9-13-10(12)7-8-11(2,3)4/h7-8H,5-6,9H2,1-4H3. The highest BCUT2D eigenvalue weighted by Crippen LogP contribution is 2.14. The summed E-state index contributed by atoms with van der Waals surface area (Å²) < 4.78 is 4.95. The molecule has 0 atom stereocenters. The van der Waals surface area contributed by atoms with Gasteiger partial charge < -0.3 is 4.74 Å². The van der Waals surface area contributed by atoms with Gasteiger partial charge in [-0.3, -0.25) is 0 Å². The van der Waals surface area contributed by atoms with Crippen LogP contribution in [0.15, 0.2) is 12.2 Å². The van der Waals surface area contributed by atoms with Gasteiger partial charge in [-0.25, -0.2) is 4.79 Å². The lowest BCUT2D eigenvalue weighted by Crippen LogP contribution is -2.05. The zero-order valence-corrected chi connectivity index (χ0v) is 9.09. The fourth-order valence-electron chi connectivity index (χ4n) is 0.683. The average molecular weight is 184 g/mol. The van der Waals surface area contributed by atoms with Crippen LogP contribution in [0.25, 0.3) is 0 Å². The summed E-state index contributed by atoms with van der Waals surface area (Å²) in [6, 6.07) is 0. The van der Waals surface area contributed by atoms with Crippen LogP contribution in [0.5, 0.6) is 0 Å². The summed E-state index contributed by atoms with van der Waals surface area (Å²) in [6.07, 6.45) is 5.36. The molecule has 0 aliphatic rings. The van der Waals surface area contributed by atoms with Crippen molar-refractivity contribution in [1.29, 1.82) is 0 Å². The molecule has 0 rings (SSSR count). The number of rotatable bonds is 4. The number of hydrogen-bond acceptors (Lipinski definition) is 2. The van der Waals surface area contributed by atoms with Gasteiger partial charge in [-0.05, 0) is 11.8 Å². The third-order valence-corrected chi connectivity index (χ3v) is 1.46. The average Bonchev–Trinajstić information content (AvgIpc) is 2.00. The highest BCUT2D eigenvalue weighted by atomic mass is 16.5. The number of hydrogen-bond donors (Lipinski definition) is 0. The smallest absolute Gasteiger partial charge is 0.330 e. The molecular weight excluding hydrogens is 164 g/mol. The van der Waals surface area contributed by atoms with E-state index in [-0.39, 0.29) is 11.4 Å². The molecule has 0 aromatic carbocycles. The van der Waals surface area contributed by atoms with E-state index in [0.717, 1.165) is 12.8 Å². The maximum Gasteiger partial charge on any atom is 0.330 e. The largest absolute Gasteiger partial charge is 0.463 e. The highest BCUT2D eigenvalue weighted by Gasteiger charge is 2.05. The number of unbranched alkanes of at least 4 members (excludes halogenated alkanes) is 1. The fraction of sp³-hybridized carbons (Fsp3) is 0.727. The second-order valence-corrected chi connectivity index (χ2v) is 4.22. The predicted molar refractivity (Wildman–Crippen MR) is 54.5 cm³/mol. The van der Waals surface area contributed by atoms with Gasteiger partial charge in [0.15, 0.2) is 0 Å². The van der Waals surface area contributed by atoms with Crippen LogP contribution >= 0.6 is 0 Å². The Morgan fingerprint density at radius 3 is 2.46 bits per heavy atom. The molecule has 0 aromatic rings. The molecule has 0 heterocycles. The summed E-state index contributed by atoms with van der Waals surface area (Å²) in [5.41, 5.74) is 0.0454. The lowest BCUT2D eigenvalue weighted by Gasteiger charge is -2.10. The Balaban J connectivity index is 3.68. The molecule has 0 aliphatic carbocycles. The van der Waals surface area contributed by atoms with Crippen molar-refractivity contribution in [1.82, 2.24) is 0 Å². The summed E-state index contributed by atoms with van der Waals surface area (Å²) in [7, 11) is 0. The summed E-state index contributed by atoms with van der Waals surface area (Å²) in [4.78, 5) is 11.1. The second kappa shape index (κ2) is 5.79. The predicted octanol–water partition coefficient (Wildman–Crippen LogP) is 2.93. The maximum absolute atomic E-state index is 11.1. The van der Waals surface area contributed by atoms with Gasteiger partial charge >= 0.3 is 5.97 Å². The van der Waals surface area contributed by atoms with Crippen LogP contribution in [-0.2, 0) is 9.53 Å². The molecule has 0 radical (unpaired) electrons. The van der Waals surface area contributed by atoms with E-state index in [1.165, 1.54) is 6.08 Å². The first-order valence-electron chi connectivity index (χ1n) is 4.81. The first-order chi connectivity index (χ1) is 5.95. The quantitative estimate of drug-likeness (QED) is 0.381. The molecule has 0 N–H and O–H groups in total. The minimum Gasteiger partial charge on any atom is -0.463 e. The molecule has 0 bridgehead atoms. The topological polar surface area (TPSA) is 26.3 Å².